The van der Waals surface area contributed by atoms with Gasteiger partial charge >= 0.3 is 0 Å². The Balaban J connectivity index is 0.961. The summed E-state index contributed by atoms with van der Waals surface area (Å²) in [5, 5.41) is 4.75. The normalized spacial score (nSPS) is 15.6. The molecule has 0 fully saturated rings. The van der Waals surface area contributed by atoms with Gasteiger partial charge in [-0.1, -0.05) is 182 Å². The van der Waals surface area contributed by atoms with Crippen LogP contribution in [0.4, 0.5) is 11.4 Å². The van der Waals surface area contributed by atoms with Crippen LogP contribution >= 0.6 is 0 Å². The maximum atomic E-state index is 6.36. The first-order chi connectivity index (χ1) is 30.3. The first-order valence-corrected chi connectivity index (χ1v) is 21.3. The summed E-state index contributed by atoms with van der Waals surface area (Å²) in [5.74, 6) is 0. The molecule has 1 atom stereocenters. The third kappa shape index (κ3) is 4.91. The van der Waals surface area contributed by atoms with Crippen molar-refractivity contribution in [2.24, 2.45) is 0 Å². The highest BCUT2D eigenvalue weighted by Crippen LogP contribution is 2.63. The number of benzene rings is 9. The number of nitrogens with zero attached hydrogens (tertiary/aromatic N) is 1. The molecule has 13 rings (SSSR count). The highest BCUT2D eigenvalue weighted by atomic mass is 16.3. The fourth-order valence-electron chi connectivity index (χ4n) is 11.2. The smallest absolute Gasteiger partial charge is 0.136 e. The van der Waals surface area contributed by atoms with Gasteiger partial charge in [0.15, 0.2) is 0 Å². The summed E-state index contributed by atoms with van der Waals surface area (Å²) in [5.41, 5.74) is 19.6. The van der Waals surface area contributed by atoms with Crippen molar-refractivity contribution in [3.63, 3.8) is 0 Å². The standard InChI is InChI=1S/C59H39NO/c1-2-13-38(14-3-1)39-25-30-42(31-26-39)60(43-32-27-40(28-33-43)45-20-12-15-41-29-36-56-58(57(41)45)50-19-7-11-24-55(50)61-56)44-34-35-49-48-18-6-10-23-53(48)59(54(49)37-44)51-21-8-4-16-46(51)47-17-5-9-22-52(47)59/h1-36,44H,37H2. The topological polar surface area (TPSA) is 16.4 Å². The lowest BCUT2D eigenvalue weighted by molar-refractivity contribution is 0.663. The Morgan fingerprint density at radius 3 is 1.72 bits per heavy atom. The van der Waals surface area contributed by atoms with Crippen molar-refractivity contribution in [1.29, 1.82) is 0 Å². The minimum Gasteiger partial charge on any atom is -0.456 e. The van der Waals surface area contributed by atoms with E-state index in [4.69, 9.17) is 4.42 Å². The maximum absolute atomic E-state index is 6.36. The average Bonchev–Trinajstić information content (AvgIpc) is 3.96. The molecule has 286 valence electrons. The maximum Gasteiger partial charge on any atom is 0.136 e. The zero-order chi connectivity index (χ0) is 40.1. The Morgan fingerprint density at radius 2 is 1.00 bits per heavy atom. The number of fused-ring (bicyclic) bond motifs is 14. The number of rotatable bonds is 5. The van der Waals surface area contributed by atoms with Crippen LogP contribution in [0, 0.1) is 0 Å². The number of anilines is 2. The summed E-state index contributed by atoms with van der Waals surface area (Å²) < 4.78 is 6.36. The SMILES string of the molecule is C1=CC(N(c2ccc(-c3ccccc3)cc2)c2ccc(-c3cccc4ccc5oc6ccccc6c5c34)cc2)CC2=C1c1ccccc1C21c2ccccc2-c2ccccc21. The minimum absolute atomic E-state index is 0.0627. The lowest BCUT2D eigenvalue weighted by atomic mass is 9.67. The van der Waals surface area contributed by atoms with Crippen LogP contribution in [0.3, 0.4) is 0 Å². The summed E-state index contributed by atoms with van der Waals surface area (Å²) in [6.45, 7) is 0. The number of hydrogen-bond acceptors (Lipinski definition) is 2. The second kappa shape index (κ2) is 13.2. The third-order valence-corrected chi connectivity index (χ3v) is 13.7. The first kappa shape index (κ1) is 34.2. The molecule has 1 spiro atoms. The van der Waals surface area contributed by atoms with Gasteiger partial charge in [-0.15, -0.1) is 0 Å². The van der Waals surface area contributed by atoms with Crippen molar-refractivity contribution < 1.29 is 4.42 Å². The Kier molecular flexibility index (Phi) is 7.38. The molecule has 0 saturated heterocycles. The van der Waals surface area contributed by atoms with Gasteiger partial charge in [0.1, 0.15) is 11.2 Å². The number of furan rings is 1. The molecule has 1 aromatic heterocycles. The third-order valence-electron chi connectivity index (χ3n) is 13.7. The van der Waals surface area contributed by atoms with Gasteiger partial charge in [-0.3, -0.25) is 0 Å². The monoisotopic (exact) mass is 777 g/mol. The molecule has 10 aromatic rings. The van der Waals surface area contributed by atoms with Crippen LogP contribution in [0.5, 0.6) is 0 Å². The lowest BCUT2D eigenvalue weighted by Crippen LogP contribution is -2.35. The fourth-order valence-corrected chi connectivity index (χ4v) is 11.2. The van der Waals surface area contributed by atoms with E-state index in [1.807, 2.05) is 6.07 Å². The quantitative estimate of drug-likeness (QED) is 0.173. The number of para-hydroxylation sites is 1. The second-order valence-electron chi connectivity index (χ2n) is 16.7. The molecule has 3 aliphatic rings. The van der Waals surface area contributed by atoms with Gasteiger partial charge in [0.25, 0.3) is 0 Å². The molecule has 1 heterocycles. The zero-order valence-electron chi connectivity index (χ0n) is 33.4. The first-order valence-electron chi connectivity index (χ1n) is 21.3. The van der Waals surface area contributed by atoms with Crippen molar-refractivity contribution in [1.82, 2.24) is 0 Å². The van der Waals surface area contributed by atoms with Gasteiger partial charge in [-0.2, -0.15) is 0 Å². The molecule has 2 heteroatoms. The summed E-state index contributed by atoms with van der Waals surface area (Å²) in [7, 11) is 0. The van der Waals surface area contributed by atoms with Gasteiger partial charge in [0.2, 0.25) is 0 Å². The molecule has 0 aliphatic heterocycles. The van der Waals surface area contributed by atoms with Crippen molar-refractivity contribution >= 4 is 49.7 Å². The molecule has 0 radical (unpaired) electrons. The van der Waals surface area contributed by atoms with Gasteiger partial charge in [0, 0.05) is 27.5 Å². The van der Waals surface area contributed by atoms with E-state index in [1.165, 1.54) is 88.6 Å². The fraction of sp³-hybridized carbons (Fsp3) is 0.0508. The molecule has 0 N–H and O–H groups in total. The van der Waals surface area contributed by atoms with E-state index < -0.39 is 0 Å². The molecular formula is C59H39NO. The van der Waals surface area contributed by atoms with Crippen molar-refractivity contribution in [2.45, 2.75) is 17.9 Å². The van der Waals surface area contributed by atoms with Crippen LogP contribution in [-0.2, 0) is 5.41 Å². The van der Waals surface area contributed by atoms with E-state index >= 15 is 0 Å². The molecule has 0 bridgehead atoms. The van der Waals surface area contributed by atoms with Gasteiger partial charge in [-0.05, 0) is 115 Å². The predicted molar refractivity (Wildman–Crippen MR) is 253 cm³/mol. The highest BCUT2D eigenvalue weighted by Gasteiger charge is 2.53. The van der Waals surface area contributed by atoms with Crippen LogP contribution in [0.1, 0.15) is 28.7 Å². The predicted octanol–water partition coefficient (Wildman–Crippen LogP) is 15.3. The summed E-state index contributed by atoms with van der Waals surface area (Å²) in [6, 6.07) is 75.8. The van der Waals surface area contributed by atoms with E-state index in [0.29, 0.717) is 0 Å². The average molecular weight is 778 g/mol. The van der Waals surface area contributed by atoms with Crippen molar-refractivity contribution in [3.8, 4) is 33.4 Å². The van der Waals surface area contributed by atoms with Crippen LogP contribution in [0.15, 0.2) is 228 Å². The molecule has 0 saturated carbocycles. The molecule has 1 unspecified atom stereocenters. The van der Waals surface area contributed by atoms with Gasteiger partial charge in [-0.25, -0.2) is 0 Å². The summed E-state index contributed by atoms with van der Waals surface area (Å²) in [6.07, 6.45) is 5.75. The number of hydrogen-bond donors (Lipinski definition) is 0. The highest BCUT2D eigenvalue weighted by molar-refractivity contribution is 6.22. The summed E-state index contributed by atoms with van der Waals surface area (Å²) in [4.78, 5) is 2.56. The van der Waals surface area contributed by atoms with Crippen LogP contribution in [0.25, 0.3) is 71.7 Å². The largest absolute Gasteiger partial charge is 0.456 e. The van der Waals surface area contributed by atoms with E-state index in [2.05, 4.69) is 217 Å². The Labute approximate surface area is 355 Å². The van der Waals surface area contributed by atoms with Gasteiger partial charge < -0.3 is 9.32 Å². The molecule has 9 aromatic carbocycles. The Morgan fingerprint density at radius 1 is 0.426 bits per heavy atom. The second-order valence-corrected chi connectivity index (χ2v) is 16.7. The van der Waals surface area contributed by atoms with Crippen LogP contribution < -0.4 is 4.90 Å². The van der Waals surface area contributed by atoms with Crippen LogP contribution in [-0.4, -0.2) is 6.04 Å². The molecule has 2 nitrogen and oxygen atoms in total. The molecule has 0 amide bonds. The van der Waals surface area contributed by atoms with Crippen molar-refractivity contribution in [3.05, 3.63) is 246 Å². The lowest BCUT2D eigenvalue weighted by Gasteiger charge is -2.39. The van der Waals surface area contributed by atoms with E-state index in [1.54, 1.807) is 0 Å². The van der Waals surface area contributed by atoms with E-state index in [-0.39, 0.29) is 11.5 Å². The molecule has 3 aliphatic carbocycles. The zero-order valence-corrected chi connectivity index (χ0v) is 33.4. The molecule has 61 heavy (non-hydrogen) atoms. The molecular weight excluding hydrogens is 739 g/mol. The van der Waals surface area contributed by atoms with Gasteiger partial charge in [0.05, 0.1) is 11.5 Å². The Bertz CT molecular complexity index is 3390. The number of allylic oxidation sites excluding steroid dienone is 2. The Hall–Kier alpha value is -7.68. The van der Waals surface area contributed by atoms with E-state index in [0.717, 1.165) is 28.7 Å². The minimum atomic E-state index is -0.355. The van der Waals surface area contributed by atoms with Crippen LogP contribution in [0.2, 0.25) is 0 Å². The van der Waals surface area contributed by atoms with Crippen molar-refractivity contribution in [2.75, 3.05) is 4.90 Å². The summed E-state index contributed by atoms with van der Waals surface area (Å²) >= 11 is 0. The van der Waals surface area contributed by atoms with E-state index in [9.17, 15) is 0 Å².